The molecule has 0 spiro atoms. The number of ether oxygens (including phenoxy) is 1. The van der Waals surface area contributed by atoms with Crippen molar-refractivity contribution in [2.45, 2.75) is 44.8 Å². The van der Waals surface area contributed by atoms with E-state index in [9.17, 15) is 8.42 Å². The maximum Gasteiger partial charge on any atom is 0.150 e. The normalized spacial score (nSPS) is 34.8. The first-order valence-electron chi connectivity index (χ1n) is 6.88. The molecule has 112 valence electrons. The third-order valence-electron chi connectivity index (χ3n) is 4.58. The van der Waals surface area contributed by atoms with Crippen molar-refractivity contribution in [1.29, 1.82) is 0 Å². The Labute approximate surface area is 125 Å². The minimum Gasteiger partial charge on any atom is -0.375 e. The average Bonchev–Trinajstić information content (AvgIpc) is 2.92. The first-order valence-corrected chi connectivity index (χ1v) is 9.77. The van der Waals surface area contributed by atoms with Crippen LogP contribution < -0.4 is 0 Å². The van der Waals surface area contributed by atoms with E-state index in [1.165, 1.54) is 0 Å². The van der Waals surface area contributed by atoms with Crippen molar-refractivity contribution >= 4 is 33.0 Å². The largest absolute Gasteiger partial charge is 0.375 e. The Hall–Kier alpha value is 0.490. The van der Waals surface area contributed by atoms with E-state index in [4.69, 9.17) is 27.9 Å². The summed E-state index contributed by atoms with van der Waals surface area (Å²) in [5.74, 6) is 1.40. The summed E-state index contributed by atoms with van der Waals surface area (Å²) in [5.41, 5.74) is -0.304. The molecular weight excluding hydrogens is 307 g/mol. The molecule has 3 nitrogen and oxygen atoms in total. The monoisotopic (exact) mass is 328 g/mol. The van der Waals surface area contributed by atoms with Crippen molar-refractivity contribution in [2.75, 3.05) is 23.3 Å². The smallest absolute Gasteiger partial charge is 0.150 e. The zero-order chi connectivity index (χ0) is 14.1. The molecule has 0 aromatic heterocycles. The molecule has 0 N–H and O–H groups in total. The van der Waals surface area contributed by atoms with Crippen LogP contribution in [0.25, 0.3) is 0 Å². The van der Waals surface area contributed by atoms with E-state index in [1.54, 1.807) is 0 Å². The predicted octanol–water partition coefficient (Wildman–Crippen LogP) is 2.84. The Kier molecular flexibility index (Phi) is 5.08. The summed E-state index contributed by atoms with van der Waals surface area (Å²) in [6.45, 7) is 2.07. The quantitative estimate of drug-likeness (QED) is 0.729. The SMILES string of the molecule is CC1CCC(CC(CCl)(CCl)C2CCS(=O)(=O)C2)O1. The van der Waals surface area contributed by atoms with Gasteiger partial charge in [-0.3, -0.25) is 0 Å². The molecule has 2 aliphatic heterocycles. The number of sulfone groups is 1. The van der Waals surface area contributed by atoms with Gasteiger partial charge in [0.1, 0.15) is 0 Å². The maximum atomic E-state index is 11.7. The molecule has 3 unspecified atom stereocenters. The molecule has 0 aromatic rings. The van der Waals surface area contributed by atoms with Crippen LogP contribution in [0.15, 0.2) is 0 Å². The molecule has 2 fully saturated rings. The minimum absolute atomic E-state index is 0.0759. The highest BCUT2D eigenvalue weighted by molar-refractivity contribution is 7.91. The van der Waals surface area contributed by atoms with Crippen molar-refractivity contribution in [2.24, 2.45) is 11.3 Å². The molecule has 2 saturated heterocycles. The van der Waals surface area contributed by atoms with Gasteiger partial charge in [-0.25, -0.2) is 8.42 Å². The summed E-state index contributed by atoms with van der Waals surface area (Å²) in [4.78, 5) is 0. The Morgan fingerprint density at radius 3 is 2.32 bits per heavy atom. The van der Waals surface area contributed by atoms with E-state index < -0.39 is 9.84 Å². The van der Waals surface area contributed by atoms with Crippen LogP contribution in [0, 0.1) is 11.3 Å². The van der Waals surface area contributed by atoms with Gasteiger partial charge in [-0.15, -0.1) is 23.2 Å². The van der Waals surface area contributed by atoms with E-state index in [-0.39, 0.29) is 28.9 Å². The Morgan fingerprint density at radius 1 is 1.21 bits per heavy atom. The number of hydrogen-bond donors (Lipinski definition) is 0. The molecule has 0 bridgehead atoms. The first-order chi connectivity index (χ1) is 8.91. The van der Waals surface area contributed by atoms with Crippen LogP contribution in [0.4, 0.5) is 0 Å². The number of hydrogen-bond acceptors (Lipinski definition) is 3. The molecule has 2 aliphatic rings. The number of alkyl halides is 2. The lowest BCUT2D eigenvalue weighted by molar-refractivity contribution is 0.0194. The van der Waals surface area contributed by atoms with Gasteiger partial charge in [0.2, 0.25) is 0 Å². The van der Waals surface area contributed by atoms with Gasteiger partial charge >= 0.3 is 0 Å². The van der Waals surface area contributed by atoms with Crippen LogP contribution in [-0.2, 0) is 14.6 Å². The number of halogens is 2. The van der Waals surface area contributed by atoms with E-state index >= 15 is 0 Å². The minimum atomic E-state index is -2.90. The Morgan fingerprint density at radius 2 is 1.89 bits per heavy atom. The van der Waals surface area contributed by atoms with Gasteiger partial charge < -0.3 is 4.74 Å². The van der Waals surface area contributed by atoms with E-state index in [2.05, 4.69) is 6.92 Å². The third kappa shape index (κ3) is 3.58. The first kappa shape index (κ1) is 15.9. The zero-order valence-electron chi connectivity index (χ0n) is 11.3. The summed E-state index contributed by atoms with van der Waals surface area (Å²) in [5, 5.41) is 0. The van der Waals surface area contributed by atoms with Gasteiger partial charge in [0.25, 0.3) is 0 Å². The Balaban J connectivity index is 2.09. The van der Waals surface area contributed by atoms with E-state index in [0.29, 0.717) is 24.3 Å². The fourth-order valence-electron chi connectivity index (χ4n) is 3.30. The van der Waals surface area contributed by atoms with Crippen molar-refractivity contribution in [1.82, 2.24) is 0 Å². The molecule has 2 heterocycles. The van der Waals surface area contributed by atoms with Crippen LogP contribution in [0.5, 0.6) is 0 Å². The average molecular weight is 329 g/mol. The van der Waals surface area contributed by atoms with E-state index in [1.807, 2.05) is 0 Å². The van der Waals surface area contributed by atoms with Gasteiger partial charge in [0.05, 0.1) is 23.7 Å². The molecule has 19 heavy (non-hydrogen) atoms. The van der Waals surface area contributed by atoms with Crippen LogP contribution in [0.3, 0.4) is 0 Å². The highest BCUT2D eigenvalue weighted by Crippen LogP contribution is 2.44. The van der Waals surface area contributed by atoms with Crippen molar-refractivity contribution < 1.29 is 13.2 Å². The molecule has 2 rings (SSSR count). The van der Waals surface area contributed by atoms with Gasteiger partial charge in [-0.1, -0.05) is 0 Å². The molecule has 0 saturated carbocycles. The van der Waals surface area contributed by atoms with Crippen LogP contribution in [0.2, 0.25) is 0 Å². The summed E-state index contributed by atoms with van der Waals surface area (Å²) < 4.78 is 29.2. The molecular formula is C13H22Cl2O3S. The van der Waals surface area contributed by atoms with Gasteiger partial charge in [0.15, 0.2) is 9.84 Å². The topological polar surface area (TPSA) is 43.4 Å². The van der Waals surface area contributed by atoms with Crippen LogP contribution in [-0.4, -0.2) is 43.9 Å². The highest BCUT2D eigenvalue weighted by atomic mass is 35.5. The fraction of sp³-hybridized carbons (Fsp3) is 1.00. The third-order valence-corrected chi connectivity index (χ3v) is 7.42. The van der Waals surface area contributed by atoms with Gasteiger partial charge in [-0.2, -0.15) is 0 Å². The fourth-order valence-corrected chi connectivity index (χ4v) is 6.18. The lowest BCUT2D eigenvalue weighted by Gasteiger charge is -2.37. The standard InChI is InChI=1S/C13H22Cl2O3S/c1-10-2-3-12(18-10)6-13(8-14,9-15)11-4-5-19(16,17)7-11/h10-12H,2-9H2,1H3. The molecule has 0 amide bonds. The van der Waals surface area contributed by atoms with E-state index in [0.717, 1.165) is 19.3 Å². The second kappa shape index (κ2) is 6.08. The van der Waals surface area contributed by atoms with Crippen LogP contribution >= 0.6 is 23.2 Å². The van der Waals surface area contributed by atoms with Crippen molar-refractivity contribution in [3.8, 4) is 0 Å². The second-order valence-corrected chi connectivity index (χ2v) is 8.84. The summed E-state index contributed by atoms with van der Waals surface area (Å²) in [6, 6.07) is 0. The summed E-state index contributed by atoms with van der Waals surface area (Å²) in [7, 11) is -2.90. The highest BCUT2D eigenvalue weighted by Gasteiger charge is 2.45. The lowest BCUT2D eigenvalue weighted by Crippen LogP contribution is -2.38. The molecule has 3 atom stereocenters. The zero-order valence-corrected chi connectivity index (χ0v) is 13.6. The number of rotatable bonds is 5. The Bertz CT molecular complexity index is 406. The predicted molar refractivity (Wildman–Crippen MR) is 78.8 cm³/mol. The molecule has 0 radical (unpaired) electrons. The van der Waals surface area contributed by atoms with Crippen LogP contribution in [0.1, 0.15) is 32.6 Å². The molecule has 6 heteroatoms. The summed E-state index contributed by atoms with van der Waals surface area (Å²) in [6.07, 6.45) is 4.02. The molecule has 0 aromatic carbocycles. The molecule has 0 aliphatic carbocycles. The second-order valence-electron chi connectivity index (χ2n) is 6.08. The summed E-state index contributed by atoms with van der Waals surface area (Å²) >= 11 is 12.4. The van der Waals surface area contributed by atoms with Crippen molar-refractivity contribution in [3.05, 3.63) is 0 Å². The lowest BCUT2D eigenvalue weighted by atomic mass is 9.74. The van der Waals surface area contributed by atoms with Gasteiger partial charge in [0, 0.05) is 17.2 Å². The van der Waals surface area contributed by atoms with Gasteiger partial charge in [-0.05, 0) is 38.5 Å². The van der Waals surface area contributed by atoms with Crippen molar-refractivity contribution in [3.63, 3.8) is 0 Å². The maximum absolute atomic E-state index is 11.7.